The molecule has 0 saturated carbocycles. The minimum Gasteiger partial charge on any atom is -0.338 e. The Morgan fingerprint density at radius 2 is 2.19 bits per heavy atom. The maximum atomic E-state index is 13.5. The molecule has 2 amide bonds. The van der Waals surface area contributed by atoms with Crippen molar-refractivity contribution in [3.63, 3.8) is 0 Å². The van der Waals surface area contributed by atoms with E-state index >= 15 is 0 Å². The van der Waals surface area contributed by atoms with Crippen molar-refractivity contribution in [2.75, 3.05) is 11.9 Å². The van der Waals surface area contributed by atoms with Gasteiger partial charge in [0.05, 0.1) is 18.4 Å². The molecule has 0 aliphatic heterocycles. The number of carbonyl (C=O) groups excluding carboxylic acids is 1. The summed E-state index contributed by atoms with van der Waals surface area (Å²) < 4.78 is 15.1. The lowest BCUT2D eigenvalue weighted by Gasteiger charge is -2.05. The molecule has 1 heterocycles. The molecule has 1 aromatic heterocycles. The first-order valence-electron chi connectivity index (χ1n) is 6.99. The normalized spacial score (nSPS) is 10.4. The molecule has 2 rings (SSSR count). The topological polar surface area (TPSA) is 59.0 Å². The molecule has 112 valence electrons. The molecule has 0 radical (unpaired) electrons. The molecular weight excluding hydrogens is 271 g/mol. The van der Waals surface area contributed by atoms with E-state index in [0.717, 1.165) is 12.8 Å². The summed E-state index contributed by atoms with van der Waals surface area (Å²) in [6.45, 7) is 3.03. The van der Waals surface area contributed by atoms with Crippen molar-refractivity contribution in [1.82, 2.24) is 15.1 Å². The summed E-state index contributed by atoms with van der Waals surface area (Å²) in [7, 11) is 0. The zero-order chi connectivity index (χ0) is 15.1. The van der Waals surface area contributed by atoms with Crippen LogP contribution in [0.25, 0.3) is 0 Å². The lowest BCUT2D eigenvalue weighted by Crippen LogP contribution is -2.29. The van der Waals surface area contributed by atoms with Crippen LogP contribution in [0.1, 0.15) is 25.3 Å². The Morgan fingerprint density at radius 3 is 2.95 bits per heavy atom. The fourth-order valence-corrected chi connectivity index (χ4v) is 1.87. The van der Waals surface area contributed by atoms with Crippen molar-refractivity contribution in [2.45, 2.75) is 26.3 Å². The third-order valence-electron chi connectivity index (χ3n) is 3.00. The average molecular weight is 290 g/mol. The Morgan fingerprint density at radius 1 is 1.38 bits per heavy atom. The molecule has 6 heteroatoms. The summed E-state index contributed by atoms with van der Waals surface area (Å²) in [6.07, 6.45) is 5.19. The number of unbranched alkanes of at least 4 members (excludes halogenated alkanes) is 1. The Kier molecular flexibility index (Phi) is 5.31. The van der Waals surface area contributed by atoms with Crippen LogP contribution in [0.15, 0.2) is 36.7 Å². The summed E-state index contributed by atoms with van der Waals surface area (Å²) >= 11 is 0. The van der Waals surface area contributed by atoms with E-state index in [2.05, 4.69) is 22.7 Å². The highest BCUT2D eigenvalue weighted by atomic mass is 19.1. The van der Waals surface area contributed by atoms with E-state index in [1.54, 1.807) is 35.3 Å². The van der Waals surface area contributed by atoms with Crippen LogP contribution in [0, 0.1) is 5.82 Å². The van der Waals surface area contributed by atoms with Crippen LogP contribution in [-0.4, -0.2) is 22.4 Å². The van der Waals surface area contributed by atoms with Gasteiger partial charge in [0, 0.05) is 18.3 Å². The first kappa shape index (κ1) is 15.0. The second kappa shape index (κ2) is 7.42. The van der Waals surface area contributed by atoms with E-state index in [0.29, 0.717) is 24.3 Å². The van der Waals surface area contributed by atoms with E-state index in [9.17, 15) is 9.18 Å². The van der Waals surface area contributed by atoms with Gasteiger partial charge in [0.25, 0.3) is 0 Å². The van der Waals surface area contributed by atoms with E-state index in [4.69, 9.17) is 0 Å². The van der Waals surface area contributed by atoms with Crippen molar-refractivity contribution >= 4 is 11.7 Å². The van der Waals surface area contributed by atoms with Gasteiger partial charge < -0.3 is 10.6 Å². The lowest BCUT2D eigenvalue weighted by atomic mass is 10.2. The van der Waals surface area contributed by atoms with Crippen LogP contribution in [0.2, 0.25) is 0 Å². The number of hydrogen-bond acceptors (Lipinski definition) is 2. The van der Waals surface area contributed by atoms with Gasteiger partial charge in [-0.25, -0.2) is 9.18 Å². The van der Waals surface area contributed by atoms with Crippen LogP contribution in [-0.2, 0) is 6.54 Å². The van der Waals surface area contributed by atoms with Crippen molar-refractivity contribution in [2.24, 2.45) is 0 Å². The molecule has 21 heavy (non-hydrogen) atoms. The van der Waals surface area contributed by atoms with Gasteiger partial charge in [-0.2, -0.15) is 5.10 Å². The number of carbonyl (C=O) groups is 1. The molecule has 0 aliphatic carbocycles. The SMILES string of the molecule is CCCCNC(=O)Nc1cnn(Cc2ccccc2F)c1. The Labute approximate surface area is 123 Å². The number of halogens is 1. The third-order valence-corrected chi connectivity index (χ3v) is 3.00. The summed E-state index contributed by atoms with van der Waals surface area (Å²) in [5.41, 5.74) is 1.14. The van der Waals surface area contributed by atoms with Gasteiger partial charge >= 0.3 is 6.03 Å². The third kappa shape index (κ3) is 4.59. The quantitative estimate of drug-likeness (QED) is 0.803. The summed E-state index contributed by atoms with van der Waals surface area (Å²) in [5, 5.41) is 9.56. The number of hydrogen-bond donors (Lipinski definition) is 2. The molecule has 0 spiro atoms. The zero-order valence-electron chi connectivity index (χ0n) is 12.0. The summed E-state index contributed by atoms with van der Waals surface area (Å²) in [5.74, 6) is -0.264. The molecule has 0 unspecified atom stereocenters. The number of nitrogens with zero attached hydrogens (tertiary/aromatic N) is 2. The Bertz CT molecular complexity index is 597. The molecular formula is C15H19FN4O. The van der Waals surface area contributed by atoms with E-state index in [1.165, 1.54) is 6.07 Å². The van der Waals surface area contributed by atoms with Gasteiger partial charge in [-0.05, 0) is 12.5 Å². The van der Waals surface area contributed by atoms with Crippen LogP contribution in [0.5, 0.6) is 0 Å². The first-order chi connectivity index (χ1) is 10.2. The van der Waals surface area contributed by atoms with Crippen molar-refractivity contribution in [3.05, 3.63) is 48.0 Å². The van der Waals surface area contributed by atoms with Crippen molar-refractivity contribution in [3.8, 4) is 0 Å². The Balaban J connectivity index is 1.89. The highest BCUT2D eigenvalue weighted by molar-refractivity contribution is 5.88. The van der Waals surface area contributed by atoms with Gasteiger partial charge in [-0.1, -0.05) is 31.5 Å². The van der Waals surface area contributed by atoms with Gasteiger partial charge in [0.2, 0.25) is 0 Å². The minimum absolute atomic E-state index is 0.256. The predicted molar refractivity (Wildman–Crippen MR) is 79.7 cm³/mol. The number of benzene rings is 1. The largest absolute Gasteiger partial charge is 0.338 e. The monoisotopic (exact) mass is 290 g/mol. The standard InChI is InChI=1S/C15H19FN4O/c1-2-3-8-17-15(21)19-13-9-18-20(11-13)10-12-6-4-5-7-14(12)16/h4-7,9,11H,2-3,8,10H2,1H3,(H2,17,19,21). The van der Waals surface area contributed by atoms with Crippen LogP contribution < -0.4 is 10.6 Å². The van der Waals surface area contributed by atoms with Crippen LogP contribution in [0.4, 0.5) is 14.9 Å². The van der Waals surface area contributed by atoms with Gasteiger partial charge in [-0.3, -0.25) is 4.68 Å². The summed E-state index contributed by atoms with van der Waals surface area (Å²) in [6, 6.07) is 6.30. The second-order valence-corrected chi connectivity index (χ2v) is 4.75. The fourth-order valence-electron chi connectivity index (χ4n) is 1.87. The van der Waals surface area contributed by atoms with E-state index < -0.39 is 0 Å². The minimum atomic E-state index is -0.264. The van der Waals surface area contributed by atoms with Crippen LogP contribution >= 0.6 is 0 Å². The maximum Gasteiger partial charge on any atom is 0.319 e. The highest BCUT2D eigenvalue weighted by Crippen LogP contribution is 2.10. The second-order valence-electron chi connectivity index (χ2n) is 4.75. The van der Waals surface area contributed by atoms with E-state index in [-0.39, 0.29) is 11.8 Å². The molecule has 0 saturated heterocycles. The maximum absolute atomic E-state index is 13.5. The number of aromatic nitrogens is 2. The molecule has 0 fully saturated rings. The lowest BCUT2D eigenvalue weighted by molar-refractivity contribution is 0.252. The number of rotatable bonds is 6. The summed E-state index contributed by atoms with van der Waals surface area (Å²) in [4.78, 5) is 11.6. The molecule has 2 N–H and O–H groups in total. The fraction of sp³-hybridized carbons (Fsp3) is 0.333. The predicted octanol–water partition coefficient (Wildman–Crippen LogP) is 2.99. The van der Waals surface area contributed by atoms with Crippen LogP contribution in [0.3, 0.4) is 0 Å². The number of urea groups is 1. The molecule has 5 nitrogen and oxygen atoms in total. The number of amides is 2. The Hall–Kier alpha value is -2.37. The molecule has 0 atom stereocenters. The smallest absolute Gasteiger partial charge is 0.319 e. The van der Waals surface area contributed by atoms with Crippen molar-refractivity contribution in [1.29, 1.82) is 0 Å². The first-order valence-corrected chi connectivity index (χ1v) is 6.99. The number of anilines is 1. The number of nitrogens with one attached hydrogen (secondary N) is 2. The highest BCUT2D eigenvalue weighted by Gasteiger charge is 2.06. The van der Waals surface area contributed by atoms with Gasteiger partial charge in [-0.15, -0.1) is 0 Å². The van der Waals surface area contributed by atoms with Gasteiger partial charge in [0.1, 0.15) is 5.82 Å². The average Bonchev–Trinajstić information content (AvgIpc) is 2.89. The zero-order valence-corrected chi connectivity index (χ0v) is 12.0. The molecule has 1 aromatic carbocycles. The van der Waals surface area contributed by atoms with Crippen molar-refractivity contribution < 1.29 is 9.18 Å². The molecule has 0 bridgehead atoms. The molecule has 2 aromatic rings. The molecule has 0 aliphatic rings. The van der Waals surface area contributed by atoms with E-state index in [1.807, 2.05) is 0 Å². The van der Waals surface area contributed by atoms with Gasteiger partial charge in [0.15, 0.2) is 0 Å².